The minimum Gasteiger partial charge on any atom is -0.466 e. The standard InChI is InChI=1S/C18H25N3O3S2/c1-4-23-16(22)18(2,3)12-26-17-20-19-15(14-8-6-10-25-14)21(17)11-13-7-5-9-24-13/h6,8,10,13H,4-5,7,9,11-12H2,1-3H3. The van der Waals surface area contributed by atoms with Crippen LogP contribution >= 0.6 is 23.1 Å². The highest BCUT2D eigenvalue weighted by molar-refractivity contribution is 7.99. The van der Waals surface area contributed by atoms with E-state index in [1.165, 1.54) is 0 Å². The van der Waals surface area contributed by atoms with E-state index in [0.717, 1.165) is 41.9 Å². The lowest BCUT2D eigenvalue weighted by molar-refractivity contribution is -0.152. The molecule has 142 valence electrons. The van der Waals surface area contributed by atoms with E-state index in [-0.39, 0.29) is 12.1 Å². The second-order valence-corrected chi connectivity index (χ2v) is 8.81. The van der Waals surface area contributed by atoms with Gasteiger partial charge in [0.15, 0.2) is 11.0 Å². The van der Waals surface area contributed by atoms with Crippen LogP contribution in [0.3, 0.4) is 0 Å². The molecule has 8 heteroatoms. The Labute approximate surface area is 162 Å². The van der Waals surface area contributed by atoms with Gasteiger partial charge in [-0.3, -0.25) is 9.36 Å². The van der Waals surface area contributed by atoms with Crippen molar-refractivity contribution in [1.82, 2.24) is 14.8 Å². The van der Waals surface area contributed by atoms with Crippen molar-refractivity contribution in [3.05, 3.63) is 17.5 Å². The molecule has 0 saturated carbocycles. The van der Waals surface area contributed by atoms with E-state index in [9.17, 15) is 4.79 Å². The summed E-state index contributed by atoms with van der Waals surface area (Å²) in [6.07, 6.45) is 2.35. The molecule has 26 heavy (non-hydrogen) atoms. The summed E-state index contributed by atoms with van der Waals surface area (Å²) in [5.74, 6) is 1.27. The van der Waals surface area contributed by atoms with Gasteiger partial charge in [0, 0.05) is 12.4 Å². The van der Waals surface area contributed by atoms with Gasteiger partial charge >= 0.3 is 5.97 Å². The van der Waals surface area contributed by atoms with E-state index in [1.54, 1.807) is 23.1 Å². The zero-order valence-electron chi connectivity index (χ0n) is 15.4. The zero-order chi connectivity index (χ0) is 18.6. The summed E-state index contributed by atoms with van der Waals surface area (Å²) in [5.41, 5.74) is -0.579. The molecule has 0 radical (unpaired) electrons. The topological polar surface area (TPSA) is 66.2 Å². The Morgan fingerprint density at radius 2 is 2.35 bits per heavy atom. The summed E-state index contributed by atoms with van der Waals surface area (Å²) in [6, 6.07) is 4.07. The second-order valence-electron chi connectivity index (χ2n) is 6.92. The maximum Gasteiger partial charge on any atom is 0.312 e. The fourth-order valence-corrected chi connectivity index (χ4v) is 4.51. The van der Waals surface area contributed by atoms with Crippen molar-refractivity contribution >= 4 is 29.1 Å². The molecule has 0 aliphatic carbocycles. The van der Waals surface area contributed by atoms with Crippen LogP contribution in [0.15, 0.2) is 22.7 Å². The lowest BCUT2D eigenvalue weighted by Crippen LogP contribution is -2.29. The van der Waals surface area contributed by atoms with Crippen molar-refractivity contribution in [3.8, 4) is 10.7 Å². The lowest BCUT2D eigenvalue weighted by Gasteiger charge is -2.21. The average molecular weight is 396 g/mol. The van der Waals surface area contributed by atoms with Gasteiger partial charge in [0.25, 0.3) is 0 Å². The lowest BCUT2D eigenvalue weighted by atomic mass is 9.97. The SMILES string of the molecule is CCOC(=O)C(C)(C)CSc1nnc(-c2cccs2)n1CC1CCCO1. The van der Waals surface area contributed by atoms with E-state index in [2.05, 4.69) is 20.8 Å². The van der Waals surface area contributed by atoms with Crippen molar-refractivity contribution in [2.75, 3.05) is 19.0 Å². The molecule has 0 bridgehead atoms. The van der Waals surface area contributed by atoms with Crippen molar-refractivity contribution in [2.45, 2.75) is 51.4 Å². The van der Waals surface area contributed by atoms with Crippen LogP contribution in [0.25, 0.3) is 10.7 Å². The smallest absolute Gasteiger partial charge is 0.312 e. The first-order valence-corrected chi connectivity index (χ1v) is 10.8. The van der Waals surface area contributed by atoms with Gasteiger partial charge < -0.3 is 9.47 Å². The van der Waals surface area contributed by atoms with Gasteiger partial charge in [-0.25, -0.2) is 0 Å². The minimum absolute atomic E-state index is 0.184. The molecule has 1 unspecified atom stereocenters. The molecule has 1 atom stereocenters. The molecule has 2 aromatic rings. The Morgan fingerprint density at radius 3 is 3.00 bits per heavy atom. The van der Waals surface area contributed by atoms with Gasteiger partial charge in [0.2, 0.25) is 0 Å². The normalized spacial score (nSPS) is 17.6. The number of carbonyl (C=O) groups is 1. The third-order valence-electron chi connectivity index (χ3n) is 4.26. The molecular formula is C18H25N3O3S2. The van der Waals surface area contributed by atoms with Crippen LogP contribution in [0, 0.1) is 5.41 Å². The van der Waals surface area contributed by atoms with Crippen LogP contribution < -0.4 is 0 Å². The first-order chi connectivity index (χ1) is 12.5. The number of ether oxygens (including phenoxy) is 2. The number of hydrogen-bond donors (Lipinski definition) is 0. The number of esters is 1. The van der Waals surface area contributed by atoms with Crippen LogP contribution in [-0.2, 0) is 20.8 Å². The first-order valence-electron chi connectivity index (χ1n) is 8.90. The molecule has 3 rings (SSSR count). The fraction of sp³-hybridized carbons (Fsp3) is 0.611. The zero-order valence-corrected chi connectivity index (χ0v) is 17.1. The number of aromatic nitrogens is 3. The predicted octanol–water partition coefficient (Wildman–Crippen LogP) is 3.87. The molecule has 1 fully saturated rings. The van der Waals surface area contributed by atoms with Crippen LogP contribution in [-0.4, -0.2) is 45.8 Å². The second kappa shape index (κ2) is 8.54. The first kappa shape index (κ1) is 19.4. The number of carbonyl (C=O) groups excluding carboxylic acids is 1. The van der Waals surface area contributed by atoms with Crippen LogP contribution in [0.4, 0.5) is 0 Å². The Kier molecular flexibility index (Phi) is 6.37. The molecular weight excluding hydrogens is 370 g/mol. The summed E-state index contributed by atoms with van der Waals surface area (Å²) in [7, 11) is 0. The van der Waals surface area contributed by atoms with Crippen LogP contribution in [0.1, 0.15) is 33.6 Å². The highest BCUT2D eigenvalue weighted by Crippen LogP contribution is 2.32. The Bertz CT molecular complexity index is 722. The molecule has 3 heterocycles. The van der Waals surface area contributed by atoms with Gasteiger partial charge in [-0.05, 0) is 45.1 Å². The van der Waals surface area contributed by atoms with Gasteiger partial charge in [-0.15, -0.1) is 21.5 Å². The fourth-order valence-electron chi connectivity index (χ4n) is 2.77. The Balaban J connectivity index is 1.78. The quantitative estimate of drug-likeness (QED) is 0.499. The van der Waals surface area contributed by atoms with E-state index >= 15 is 0 Å². The summed E-state index contributed by atoms with van der Waals surface area (Å²) < 4.78 is 13.1. The van der Waals surface area contributed by atoms with Gasteiger partial charge in [0.05, 0.1) is 29.5 Å². The third-order valence-corrected chi connectivity index (χ3v) is 6.55. The minimum atomic E-state index is -0.579. The molecule has 1 aliphatic heterocycles. The van der Waals surface area contributed by atoms with E-state index < -0.39 is 5.41 Å². The maximum absolute atomic E-state index is 12.1. The van der Waals surface area contributed by atoms with E-state index in [4.69, 9.17) is 9.47 Å². The summed E-state index contributed by atoms with van der Waals surface area (Å²) in [6.45, 7) is 7.58. The Hall–Kier alpha value is -1.38. The number of nitrogens with zero attached hydrogens (tertiary/aromatic N) is 3. The number of rotatable bonds is 8. The average Bonchev–Trinajstić information content (AvgIpc) is 3.36. The molecule has 2 aromatic heterocycles. The third kappa shape index (κ3) is 4.47. The molecule has 0 aromatic carbocycles. The Morgan fingerprint density at radius 1 is 1.50 bits per heavy atom. The van der Waals surface area contributed by atoms with Gasteiger partial charge in [-0.2, -0.15) is 0 Å². The van der Waals surface area contributed by atoms with Crippen LogP contribution in [0.2, 0.25) is 0 Å². The van der Waals surface area contributed by atoms with E-state index in [1.807, 2.05) is 32.2 Å². The number of thiophene rings is 1. The molecule has 1 aliphatic rings. The summed E-state index contributed by atoms with van der Waals surface area (Å²) in [5, 5.41) is 11.7. The van der Waals surface area contributed by atoms with Crippen LogP contribution in [0.5, 0.6) is 0 Å². The molecule has 0 amide bonds. The van der Waals surface area contributed by atoms with Gasteiger partial charge in [0.1, 0.15) is 0 Å². The summed E-state index contributed by atoms with van der Waals surface area (Å²) in [4.78, 5) is 13.2. The van der Waals surface area contributed by atoms with Gasteiger partial charge in [-0.1, -0.05) is 17.8 Å². The van der Waals surface area contributed by atoms with Crippen molar-refractivity contribution in [2.24, 2.45) is 5.41 Å². The largest absolute Gasteiger partial charge is 0.466 e. The maximum atomic E-state index is 12.1. The molecule has 6 nitrogen and oxygen atoms in total. The molecule has 0 N–H and O–H groups in total. The molecule has 0 spiro atoms. The number of thioether (sulfide) groups is 1. The summed E-state index contributed by atoms with van der Waals surface area (Å²) >= 11 is 3.20. The molecule has 1 saturated heterocycles. The monoisotopic (exact) mass is 395 g/mol. The van der Waals surface area contributed by atoms with Crippen molar-refractivity contribution in [1.29, 1.82) is 0 Å². The number of hydrogen-bond acceptors (Lipinski definition) is 7. The highest BCUT2D eigenvalue weighted by Gasteiger charge is 2.31. The predicted molar refractivity (Wildman–Crippen MR) is 103 cm³/mol. The van der Waals surface area contributed by atoms with E-state index in [0.29, 0.717) is 12.4 Å². The highest BCUT2D eigenvalue weighted by atomic mass is 32.2. The van der Waals surface area contributed by atoms with Crippen molar-refractivity contribution < 1.29 is 14.3 Å². The van der Waals surface area contributed by atoms with Crippen molar-refractivity contribution in [3.63, 3.8) is 0 Å².